The Balaban J connectivity index is 1.87. The lowest BCUT2D eigenvalue weighted by Crippen LogP contribution is -2.58. The first-order valence-corrected chi connectivity index (χ1v) is 5.84. The molecule has 92 valence electrons. The molecule has 0 spiro atoms. The molecule has 0 aromatic carbocycles. The predicted octanol–water partition coefficient (Wildman–Crippen LogP) is 0.559. The average molecular weight is 238 g/mol. The first kappa shape index (κ1) is 11.1. The average Bonchev–Trinajstić information content (AvgIpc) is 2.29. The van der Waals surface area contributed by atoms with E-state index in [1.54, 1.807) is 6.07 Å². The minimum atomic E-state index is -0.960. The fraction of sp³-hybridized carbons (Fsp3) is 0.583. The normalized spacial score (nSPS) is 36.8. The summed E-state index contributed by atoms with van der Waals surface area (Å²) in [5, 5.41) is 14.1. The van der Waals surface area contributed by atoms with Crippen LogP contribution in [0.4, 0.5) is 4.39 Å². The van der Waals surface area contributed by atoms with E-state index in [-0.39, 0.29) is 17.9 Å². The van der Waals surface area contributed by atoms with Crippen LogP contribution in [0.25, 0.3) is 0 Å². The summed E-state index contributed by atoms with van der Waals surface area (Å²) in [6, 6.07) is 3.21. The van der Waals surface area contributed by atoms with E-state index in [0.29, 0.717) is 31.7 Å². The van der Waals surface area contributed by atoms with Crippen LogP contribution in [0, 0.1) is 5.82 Å². The molecule has 2 fully saturated rings. The van der Waals surface area contributed by atoms with Gasteiger partial charge < -0.3 is 15.2 Å². The lowest BCUT2D eigenvalue weighted by Gasteiger charge is -2.44. The number of morpholine rings is 1. The van der Waals surface area contributed by atoms with E-state index in [1.165, 1.54) is 6.07 Å². The van der Waals surface area contributed by atoms with Crippen LogP contribution in [0.2, 0.25) is 0 Å². The standard InChI is InChI=1S/C12H15FN2O2/c13-8-1-2-11(14-5-8)12(16)3-9-6-17-7-10(4-12)15-9/h1-2,5,9-10,15-16H,3-4,6-7H2. The first-order chi connectivity index (χ1) is 8.16. The highest BCUT2D eigenvalue weighted by molar-refractivity contribution is 5.17. The minimum Gasteiger partial charge on any atom is -0.383 e. The number of hydrogen-bond acceptors (Lipinski definition) is 4. The third-order valence-electron chi connectivity index (χ3n) is 3.48. The molecule has 3 rings (SSSR count). The molecule has 5 heteroatoms. The van der Waals surface area contributed by atoms with Crippen molar-refractivity contribution in [3.8, 4) is 0 Å². The Labute approximate surface area is 98.8 Å². The van der Waals surface area contributed by atoms with Crippen LogP contribution in [0.1, 0.15) is 18.5 Å². The first-order valence-electron chi connectivity index (χ1n) is 5.84. The Hall–Kier alpha value is -1.04. The molecular formula is C12H15FN2O2. The fourth-order valence-corrected chi connectivity index (χ4v) is 2.78. The van der Waals surface area contributed by atoms with Crippen LogP contribution in [0.5, 0.6) is 0 Å². The van der Waals surface area contributed by atoms with Gasteiger partial charge in [-0.15, -0.1) is 0 Å². The molecule has 0 amide bonds. The maximum absolute atomic E-state index is 12.8. The summed E-state index contributed by atoms with van der Waals surface area (Å²) < 4.78 is 18.3. The van der Waals surface area contributed by atoms with Crippen molar-refractivity contribution in [2.24, 2.45) is 0 Å². The summed E-state index contributed by atoms with van der Waals surface area (Å²) in [5.41, 5.74) is -0.407. The molecule has 2 N–H and O–H groups in total. The van der Waals surface area contributed by atoms with E-state index < -0.39 is 5.60 Å². The second-order valence-electron chi connectivity index (χ2n) is 4.90. The minimum absolute atomic E-state index is 0.152. The zero-order valence-electron chi connectivity index (χ0n) is 9.40. The number of piperidine rings is 1. The zero-order chi connectivity index (χ0) is 11.9. The van der Waals surface area contributed by atoms with Crippen molar-refractivity contribution in [1.29, 1.82) is 0 Å². The summed E-state index contributed by atoms with van der Waals surface area (Å²) in [7, 11) is 0. The van der Waals surface area contributed by atoms with Crippen LogP contribution < -0.4 is 5.32 Å². The molecule has 1 aromatic heterocycles. The molecule has 2 unspecified atom stereocenters. The molecule has 0 radical (unpaired) electrons. The van der Waals surface area contributed by atoms with Gasteiger partial charge in [-0.05, 0) is 25.0 Å². The van der Waals surface area contributed by atoms with Crippen LogP contribution in [0.3, 0.4) is 0 Å². The zero-order valence-corrected chi connectivity index (χ0v) is 9.40. The van der Waals surface area contributed by atoms with Gasteiger partial charge in [0.15, 0.2) is 0 Å². The number of aliphatic hydroxyl groups is 1. The van der Waals surface area contributed by atoms with Crippen molar-refractivity contribution >= 4 is 0 Å². The number of hydrogen-bond donors (Lipinski definition) is 2. The number of nitrogens with zero attached hydrogens (tertiary/aromatic N) is 1. The molecule has 0 aliphatic carbocycles. The van der Waals surface area contributed by atoms with Gasteiger partial charge >= 0.3 is 0 Å². The molecule has 1 aromatic rings. The molecule has 17 heavy (non-hydrogen) atoms. The number of rotatable bonds is 1. The summed E-state index contributed by atoms with van der Waals surface area (Å²) in [4.78, 5) is 4.01. The van der Waals surface area contributed by atoms with Crippen molar-refractivity contribution in [2.45, 2.75) is 30.5 Å². The predicted molar refractivity (Wildman–Crippen MR) is 58.9 cm³/mol. The van der Waals surface area contributed by atoms with Crippen LogP contribution in [0.15, 0.2) is 18.3 Å². The number of fused-ring (bicyclic) bond motifs is 2. The number of ether oxygens (including phenoxy) is 1. The van der Waals surface area contributed by atoms with E-state index in [2.05, 4.69) is 10.3 Å². The Bertz CT molecular complexity index is 397. The van der Waals surface area contributed by atoms with Gasteiger partial charge in [0.05, 0.1) is 25.1 Å². The Morgan fingerprint density at radius 1 is 1.35 bits per heavy atom. The van der Waals surface area contributed by atoms with E-state index in [1.807, 2.05) is 0 Å². The van der Waals surface area contributed by atoms with Gasteiger partial charge in [-0.1, -0.05) is 0 Å². The van der Waals surface area contributed by atoms with Gasteiger partial charge in [0, 0.05) is 12.1 Å². The van der Waals surface area contributed by atoms with Gasteiger partial charge in [-0.2, -0.15) is 0 Å². The lowest BCUT2D eigenvalue weighted by atomic mass is 9.80. The molecule has 4 nitrogen and oxygen atoms in total. The van der Waals surface area contributed by atoms with Crippen molar-refractivity contribution in [1.82, 2.24) is 10.3 Å². The fourth-order valence-electron chi connectivity index (χ4n) is 2.78. The molecule has 2 aliphatic rings. The maximum Gasteiger partial charge on any atom is 0.141 e. The SMILES string of the molecule is OC1(c2ccc(F)cn2)CC2COCC(C1)N2. The lowest BCUT2D eigenvalue weighted by molar-refractivity contribution is -0.0824. The number of halogens is 1. The molecule has 2 aliphatic heterocycles. The Morgan fingerprint density at radius 3 is 2.65 bits per heavy atom. The van der Waals surface area contributed by atoms with Crippen molar-refractivity contribution < 1.29 is 14.2 Å². The van der Waals surface area contributed by atoms with Gasteiger partial charge in [-0.25, -0.2) is 4.39 Å². The highest BCUT2D eigenvalue weighted by atomic mass is 19.1. The quantitative estimate of drug-likeness (QED) is 0.750. The van der Waals surface area contributed by atoms with Crippen molar-refractivity contribution in [3.05, 3.63) is 29.8 Å². The van der Waals surface area contributed by atoms with Crippen molar-refractivity contribution in [2.75, 3.05) is 13.2 Å². The number of nitrogens with one attached hydrogen (secondary N) is 1. The molecule has 0 saturated carbocycles. The second kappa shape index (κ2) is 4.01. The van der Waals surface area contributed by atoms with Gasteiger partial charge in [0.1, 0.15) is 11.4 Å². The Kier molecular flexibility index (Phi) is 2.61. The third-order valence-corrected chi connectivity index (χ3v) is 3.48. The summed E-state index contributed by atoms with van der Waals surface area (Å²) >= 11 is 0. The van der Waals surface area contributed by atoms with Crippen LogP contribution >= 0.6 is 0 Å². The monoisotopic (exact) mass is 238 g/mol. The molecule has 2 saturated heterocycles. The van der Waals surface area contributed by atoms with E-state index in [0.717, 1.165) is 6.20 Å². The van der Waals surface area contributed by atoms with E-state index in [9.17, 15) is 9.50 Å². The molecule has 2 atom stereocenters. The van der Waals surface area contributed by atoms with E-state index in [4.69, 9.17) is 4.74 Å². The third kappa shape index (κ3) is 2.06. The topological polar surface area (TPSA) is 54.4 Å². The summed E-state index contributed by atoms with van der Waals surface area (Å²) in [5.74, 6) is -0.380. The summed E-state index contributed by atoms with van der Waals surface area (Å²) in [6.45, 7) is 1.22. The molecule has 2 bridgehead atoms. The maximum atomic E-state index is 12.8. The number of aromatic nitrogens is 1. The summed E-state index contributed by atoms with van der Waals surface area (Å²) in [6.07, 6.45) is 2.27. The largest absolute Gasteiger partial charge is 0.383 e. The van der Waals surface area contributed by atoms with Gasteiger partial charge in [-0.3, -0.25) is 4.98 Å². The van der Waals surface area contributed by atoms with Crippen LogP contribution in [-0.4, -0.2) is 35.4 Å². The highest BCUT2D eigenvalue weighted by Crippen LogP contribution is 2.35. The smallest absolute Gasteiger partial charge is 0.141 e. The second-order valence-corrected chi connectivity index (χ2v) is 4.90. The van der Waals surface area contributed by atoms with Gasteiger partial charge in [0.25, 0.3) is 0 Å². The van der Waals surface area contributed by atoms with Crippen molar-refractivity contribution in [3.63, 3.8) is 0 Å². The highest BCUT2D eigenvalue weighted by Gasteiger charge is 2.43. The van der Waals surface area contributed by atoms with E-state index >= 15 is 0 Å². The van der Waals surface area contributed by atoms with Gasteiger partial charge in [0.2, 0.25) is 0 Å². The number of pyridine rings is 1. The Morgan fingerprint density at radius 2 is 2.06 bits per heavy atom. The molecular weight excluding hydrogens is 223 g/mol. The van der Waals surface area contributed by atoms with Crippen LogP contribution in [-0.2, 0) is 10.3 Å². The molecule has 3 heterocycles.